The van der Waals surface area contributed by atoms with Crippen LogP contribution < -0.4 is 0 Å². The lowest BCUT2D eigenvalue weighted by Gasteiger charge is -2.22. The van der Waals surface area contributed by atoms with E-state index in [0.717, 1.165) is 10.2 Å². The molecule has 0 aliphatic heterocycles. The topological polar surface area (TPSA) is 16.1 Å². The molecule has 1 aromatic rings. The van der Waals surface area contributed by atoms with Gasteiger partial charge in [0.25, 0.3) is 0 Å². The molecule has 0 spiro atoms. The van der Waals surface area contributed by atoms with Gasteiger partial charge in [0, 0.05) is 28.7 Å². The summed E-state index contributed by atoms with van der Waals surface area (Å²) in [6.45, 7) is 4.35. The predicted octanol–water partition coefficient (Wildman–Crippen LogP) is 3.51. The van der Waals surface area contributed by atoms with Crippen molar-refractivity contribution in [2.45, 2.75) is 19.9 Å². The Kier molecular flexibility index (Phi) is 4.92. The van der Waals surface area contributed by atoms with Gasteiger partial charge in [-0.1, -0.05) is 18.9 Å². The first-order valence-electron chi connectivity index (χ1n) is 4.61. The third kappa shape index (κ3) is 3.26. The summed E-state index contributed by atoms with van der Waals surface area (Å²) < 4.78 is 3.29. The Morgan fingerprint density at radius 1 is 1.57 bits per heavy atom. The molecule has 1 rings (SSSR count). The molecular formula is C10H15BrN2S. The maximum Gasteiger partial charge on any atom is 0.0436 e. The fourth-order valence-corrected chi connectivity index (χ4v) is 2.32. The van der Waals surface area contributed by atoms with Crippen LogP contribution in [-0.2, 0) is 0 Å². The molecule has 0 fully saturated rings. The number of nitrogens with zero attached hydrogens (tertiary/aromatic N) is 2. The first-order valence-corrected chi connectivity index (χ1v) is 6.35. The molecule has 1 atom stereocenters. The van der Waals surface area contributed by atoms with E-state index in [1.807, 2.05) is 24.3 Å². The Morgan fingerprint density at radius 2 is 2.29 bits per heavy atom. The molecule has 0 N–H and O–H groups in total. The van der Waals surface area contributed by atoms with Gasteiger partial charge in [-0.2, -0.15) is 0 Å². The monoisotopic (exact) mass is 274 g/mol. The van der Waals surface area contributed by atoms with Crippen molar-refractivity contribution in [2.75, 3.05) is 12.8 Å². The summed E-state index contributed by atoms with van der Waals surface area (Å²) in [5.74, 6) is 1.10. The summed E-state index contributed by atoms with van der Waals surface area (Å²) in [6.07, 6.45) is 3.73. The van der Waals surface area contributed by atoms with Gasteiger partial charge in [-0.05, 0) is 41.5 Å². The molecule has 2 nitrogen and oxygen atoms in total. The molecule has 0 saturated carbocycles. The van der Waals surface area contributed by atoms with Gasteiger partial charge in [0.2, 0.25) is 0 Å². The minimum absolute atomic E-state index is 0.393. The second-order valence-electron chi connectivity index (χ2n) is 3.08. The zero-order valence-corrected chi connectivity index (χ0v) is 11.1. The Bertz CT molecular complexity index is 293. The van der Waals surface area contributed by atoms with Crippen molar-refractivity contribution < 1.29 is 0 Å². The van der Waals surface area contributed by atoms with Gasteiger partial charge in [-0.25, -0.2) is 4.31 Å². The summed E-state index contributed by atoms with van der Waals surface area (Å²) in [6, 6.07) is 2.51. The second-order valence-corrected chi connectivity index (χ2v) is 5.40. The number of hydrogen-bond acceptors (Lipinski definition) is 3. The Balaban J connectivity index is 2.73. The highest BCUT2D eigenvalue weighted by atomic mass is 79.9. The minimum atomic E-state index is 0.393. The van der Waals surface area contributed by atoms with Gasteiger partial charge in [0.15, 0.2) is 0 Å². The third-order valence-electron chi connectivity index (χ3n) is 2.09. The first kappa shape index (κ1) is 12.0. The van der Waals surface area contributed by atoms with E-state index in [0.29, 0.717) is 6.04 Å². The van der Waals surface area contributed by atoms with Gasteiger partial charge in [-0.3, -0.25) is 4.98 Å². The number of halogens is 1. The highest BCUT2D eigenvalue weighted by molar-refractivity contribution is 9.10. The van der Waals surface area contributed by atoms with Crippen molar-refractivity contribution in [3.8, 4) is 0 Å². The van der Waals surface area contributed by atoms with Crippen molar-refractivity contribution in [1.29, 1.82) is 0 Å². The van der Waals surface area contributed by atoms with E-state index in [-0.39, 0.29) is 0 Å². The fourth-order valence-electron chi connectivity index (χ4n) is 1.18. The van der Waals surface area contributed by atoms with E-state index < -0.39 is 0 Å². The molecule has 1 aromatic heterocycles. The van der Waals surface area contributed by atoms with Crippen LogP contribution in [0.25, 0.3) is 0 Å². The van der Waals surface area contributed by atoms with Crippen LogP contribution in [0.5, 0.6) is 0 Å². The highest BCUT2D eigenvalue weighted by Gasteiger charge is 2.11. The van der Waals surface area contributed by atoms with E-state index in [1.54, 1.807) is 0 Å². The van der Waals surface area contributed by atoms with E-state index in [4.69, 9.17) is 0 Å². The molecule has 0 amide bonds. The standard InChI is InChI=1S/C10H15BrN2S/c1-4-14-13(3)8(2)9-5-10(11)7-12-6-9/h5-8H,4H2,1-3H3/t8-/m1/s1. The molecule has 0 bridgehead atoms. The van der Waals surface area contributed by atoms with Gasteiger partial charge >= 0.3 is 0 Å². The number of pyridine rings is 1. The molecule has 78 valence electrons. The lowest BCUT2D eigenvalue weighted by atomic mass is 10.1. The summed E-state index contributed by atoms with van der Waals surface area (Å²) >= 11 is 5.26. The van der Waals surface area contributed by atoms with Crippen LogP contribution in [0.3, 0.4) is 0 Å². The molecule has 0 radical (unpaired) electrons. The van der Waals surface area contributed by atoms with Crippen LogP contribution in [0.15, 0.2) is 22.9 Å². The molecule has 0 aliphatic carbocycles. The lowest BCUT2D eigenvalue weighted by molar-refractivity contribution is 0.452. The molecule has 0 saturated heterocycles. The average molecular weight is 275 g/mol. The van der Waals surface area contributed by atoms with Crippen LogP contribution in [0.1, 0.15) is 25.5 Å². The SMILES string of the molecule is CCSN(C)[C@H](C)c1cncc(Br)c1. The predicted molar refractivity (Wildman–Crippen MR) is 66.2 cm³/mol. The summed E-state index contributed by atoms with van der Waals surface area (Å²) in [5, 5.41) is 0. The number of rotatable bonds is 4. The third-order valence-corrected chi connectivity index (χ3v) is 3.50. The summed E-state index contributed by atoms with van der Waals surface area (Å²) in [4.78, 5) is 4.17. The molecular weight excluding hydrogens is 260 g/mol. The van der Waals surface area contributed by atoms with E-state index in [1.165, 1.54) is 5.56 Å². The zero-order valence-electron chi connectivity index (χ0n) is 8.70. The molecule has 1 heterocycles. The highest BCUT2D eigenvalue weighted by Crippen LogP contribution is 2.25. The molecule has 0 aromatic carbocycles. The zero-order chi connectivity index (χ0) is 10.6. The van der Waals surface area contributed by atoms with Gasteiger partial charge in [0.1, 0.15) is 0 Å². The number of hydrogen-bond donors (Lipinski definition) is 0. The number of aromatic nitrogens is 1. The van der Waals surface area contributed by atoms with E-state index in [2.05, 4.69) is 52.2 Å². The van der Waals surface area contributed by atoms with Crippen LogP contribution in [0, 0.1) is 0 Å². The van der Waals surface area contributed by atoms with E-state index in [9.17, 15) is 0 Å². The van der Waals surface area contributed by atoms with Crippen LogP contribution in [0.4, 0.5) is 0 Å². The maximum absolute atomic E-state index is 4.17. The Morgan fingerprint density at radius 3 is 2.86 bits per heavy atom. The van der Waals surface area contributed by atoms with Crippen LogP contribution in [0.2, 0.25) is 0 Å². The van der Waals surface area contributed by atoms with Crippen molar-refractivity contribution >= 4 is 27.9 Å². The smallest absolute Gasteiger partial charge is 0.0436 e. The van der Waals surface area contributed by atoms with Crippen molar-refractivity contribution in [3.05, 3.63) is 28.5 Å². The quantitative estimate of drug-likeness (QED) is 0.782. The van der Waals surface area contributed by atoms with Crippen molar-refractivity contribution in [3.63, 3.8) is 0 Å². The van der Waals surface area contributed by atoms with Gasteiger partial charge < -0.3 is 0 Å². The van der Waals surface area contributed by atoms with E-state index >= 15 is 0 Å². The normalized spacial score (nSPS) is 13.2. The molecule has 14 heavy (non-hydrogen) atoms. The van der Waals surface area contributed by atoms with Gasteiger partial charge in [-0.15, -0.1) is 0 Å². The van der Waals surface area contributed by atoms with Crippen molar-refractivity contribution in [2.24, 2.45) is 0 Å². The van der Waals surface area contributed by atoms with Gasteiger partial charge in [0.05, 0.1) is 0 Å². The molecule has 0 unspecified atom stereocenters. The summed E-state index contributed by atoms with van der Waals surface area (Å²) in [7, 11) is 2.11. The Hall–Kier alpha value is -0.0600. The Labute approximate surface area is 98.4 Å². The maximum atomic E-state index is 4.17. The van der Waals surface area contributed by atoms with Crippen LogP contribution in [-0.4, -0.2) is 22.1 Å². The second kappa shape index (κ2) is 5.73. The lowest BCUT2D eigenvalue weighted by Crippen LogP contribution is -2.15. The fraction of sp³-hybridized carbons (Fsp3) is 0.500. The molecule has 4 heteroatoms. The minimum Gasteiger partial charge on any atom is -0.263 e. The average Bonchev–Trinajstić information content (AvgIpc) is 2.17. The molecule has 0 aliphatic rings. The van der Waals surface area contributed by atoms with Crippen LogP contribution >= 0.6 is 27.9 Å². The summed E-state index contributed by atoms with van der Waals surface area (Å²) in [5.41, 5.74) is 1.24. The largest absolute Gasteiger partial charge is 0.263 e. The first-order chi connectivity index (χ1) is 6.65. The van der Waals surface area contributed by atoms with Crippen molar-refractivity contribution in [1.82, 2.24) is 9.29 Å².